The summed E-state index contributed by atoms with van der Waals surface area (Å²) in [6.45, 7) is 4.60. The highest BCUT2D eigenvalue weighted by Gasteiger charge is 2.35. The van der Waals surface area contributed by atoms with Gasteiger partial charge in [-0.05, 0) is 96.4 Å². The molecule has 0 aliphatic carbocycles. The van der Waals surface area contributed by atoms with Crippen LogP contribution in [-0.4, -0.2) is 19.8 Å². The monoisotopic (exact) mass is 643 g/mol. The summed E-state index contributed by atoms with van der Waals surface area (Å²) in [6, 6.07) is 23.2. The minimum atomic E-state index is -4.51. The molecule has 8 heteroatoms. The van der Waals surface area contributed by atoms with Gasteiger partial charge in [0.2, 0.25) is 0 Å². The van der Waals surface area contributed by atoms with Crippen LogP contribution in [0.15, 0.2) is 78.9 Å². The molecule has 0 heterocycles. The average Bonchev–Trinajstić information content (AvgIpc) is 2.99. The molecular weight excluding hydrogens is 606 g/mol. The number of benzene rings is 4. The Bertz CT molecular complexity index is 1500. The summed E-state index contributed by atoms with van der Waals surface area (Å²) in [7, 11) is 0. The lowest BCUT2D eigenvalue weighted by atomic mass is 9.86. The lowest BCUT2D eigenvalue weighted by molar-refractivity contribution is -0.138. The van der Waals surface area contributed by atoms with Crippen LogP contribution in [0.3, 0.4) is 0 Å². The molecule has 0 radical (unpaired) electrons. The van der Waals surface area contributed by atoms with E-state index in [1.54, 1.807) is 36.4 Å². The Labute approximate surface area is 268 Å². The molecule has 0 aromatic heterocycles. The van der Waals surface area contributed by atoms with E-state index in [0.29, 0.717) is 33.5 Å². The molecule has 234 valence electrons. The van der Waals surface area contributed by atoms with Gasteiger partial charge in [0.25, 0.3) is 0 Å². The van der Waals surface area contributed by atoms with Crippen molar-refractivity contribution in [1.29, 1.82) is 0 Å². The lowest BCUT2D eigenvalue weighted by Crippen LogP contribution is -2.20. The van der Waals surface area contributed by atoms with Crippen molar-refractivity contribution in [3.63, 3.8) is 0 Å². The van der Waals surface area contributed by atoms with Crippen LogP contribution in [0.25, 0.3) is 11.1 Å². The molecule has 0 fully saturated rings. The highest BCUT2D eigenvalue weighted by Crippen LogP contribution is 2.39. The summed E-state index contributed by atoms with van der Waals surface area (Å²) < 4.78 is 54.7. The van der Waals surface area contributed by atoms with Crippen molar-refractivity contribution in [2.75, 3.05) is 19.8 Å². The van der Waals surface area contributed by atoms with E-state index >= 15 is 0 Å². The predicted molar refractivity (Wildman–Crippen MR) is 174 cm³/mol. The minimum Gasteiger partial charge on any atom is -0.490 e. The SMILES string of the molecule is CCCCCc1ccccc1-c1ccc(C(CN)Cc2ccc(OCCOc3c(Cl)cc(C)cc3Cl)cc2)c(C(F)(F)F)c1. The van der Waals surface area contributed by atoms with Crippen LogP contribution in [-0.2, 0) is 19.0 Å². The summed E-state index contributed by atoms with van der Waals surface area (Å²) in [4.78, 5) is 0. The fourth-order valence-corrected chi connectivity index (χ4v) is 6.07. The molecule has 2 N–H and O–H groups in total. The first-order valence-corrected chi connectivity index (χ1v) is 15.7. The van der Waals surface area contributed by atoms with Gasteiger partial charge in [-0.3, -0.25) is 0 Å². The highest BCUT2D eigenvalue weighted by molar-refractivity contribution is 6.37. The van der Waals surface area contributed by atoms with Gasteiger partial charge >= 0.3 is 6.18 Å². The van der Waals surface area contributed by atoms with Gasteiger partial charge in [-0.25, -0.2) is 0 Å². The third-order valence-corrected chi connectivity index (χ3v) is 8.17. The second-order valence-corrected chi connectivity index (χ2v) is 11.8. The van der Waals surface area contributed by atoms with E-state index in [-0.39, 0.29) is 25.3 Å². The topological polar surface area (TPSA) is 44.5 Å². The van der Waals surface area contributed by atoms with Crippen LogP contribution >= 0.6 is 23.2 Å². The molecule has 4 rings (SSSR count). The second kappa shape index (κ2) is 15.7. The molecule has 0 aliphatic rings. The number of unbranched alkanes of at least 4 members (excludes halogenated alkanes) is 2. The molecular formula is C36H38Cl2F3NO2. The first-order valence-electron chi connectivity index (χ1n) is 14.9. The number of nitrogens with two attached hydrogens (primary N) is 1. The van der Waals surface area contributed by atoms with E-state index in [9.17, 15) is 13.2 Å². The van der Waals surface area contributed by atoms with Crippen LogP contribution in [0, 0.1) is 6.92 Å². The van der Waals surface area contributed by atoms with E-state index in [2.05, 4.69) is 6.92 Å². The summed E-state index contributed by atoms with van der Waals surface area (Å²) >= 11 is 12.4. The quantitative estimate of drug-likeness (QED) is 0.139. The van der Waals surface area contributed by atoms with Crippen LogP contribution < -0.4 is 15.2 Å². The average molecular weight is 645 g/mol. The van der Waals surface area contributed by atoms with E-state index in [1.807, 2.05) is 43.3 Å². The lowest BCUT2D eigenvalue weighted by Gasteiger charge is -2.22. The Morgan fingerprint density at radius 2 is 1.52 bits per heavy atom. The fraction of sp³-hybridized carbons (Fsp3) is 0.333. The molecule has 0 saturated heterocycles. The van der Waals surface area contributed by atoms with Gasteiger partial charge < -0.3 is 15.2 Å². The molecule has 0 spiro atoms. The van der Waals surface area contributed by atoms with Gasteiger partial charge in [-0.1, -0.05) is 91.5 Å². The Balaban J connectivity index is 1.44. The van der Waals surface area contributed by atoms with Crippen molar-refractivity contribution >= 4 is 23.2 Å². The number of hydrogen-bond acceptors (Lipinski definition) is 3. The molecule has 4 aromatic carbocycles. The van der Waals surface area contributed by atoms with Gasteiger partial charge in [0.15, 0.2) is 5.75 Å². The largest absolute Gasteiger partial charge is 0.490 e. The number of hydrogen-bond donors (Lipinski definition) is 1. The molecule has 3 nitrogen and oxygen atoms in total. The first kappa shape index (κ1) is 33.7. The van der Waals surface area contributed by atoms with Gasteiger partial charge in [0.05, 0.1) is 15.6 Å². The molecule has 44 heavy (non-hydrogen) atoms. The number of alkyl halides is 3. The van der Waals surface area contributed by atoms with Gasteiger partial charge in [-0.2, -0.15) is 13.2 Å². The number of rotatable bonds is 14. The van der Waals surface area contributed by atoms with Crippen LogP contribution in [0.2, 0.25) is 10.0 Å². The van der Waals surface area contributed by atoms with Gasteiger partial charge in [-0.15, -0.1) is 0 Å². The van der Waals surface area contributed by atoms with E-state index in [0.717, 1.165) is 47.9 Å². The summed E-state index contributed by atoms with van der Waals surface area (Å²) in [5, 5.41) is 0.869. The van der Waals surface area contributed by atoms with Crippen molar-refractivity contribution in [1.82, 2.24) is 0 Å². The second-order valence-electron chi connectivity index (χ2n) is 10.9. The van der Waals surface area contributed by atoms with Crippen LogP contribution in [0.4, 0.5) is 13.2 Å². The zero-order valence-corrected chi connectivity index (χ0v) is 26.5. The van der Waals surface area contributed by atoms with Gasteiger partial charge in [0.1, 0.15) is 19.0 Å². The maximum Gasteiger partial charge on any atom is 0.416 e. The van der Waals surface area contributed by atoms with Gasteiger partial charge in [0, 0.05) is 5.92 Å². The Kier molecular flexibility index (Phi) is 12.0. The Morgan fingerprint density at radius 3 is 2.18 bits per heavy atom. The number of ether oxygens (including phenoxy) is 2. The van der Waals surface area contributed by atoms with Crippen molar-refractivity contribution in [3.05, 3.63) is 117 Å². The molecule has 0 saturated carbocycles. The molecule has 0 amide bonds. The van der Waals surface area contributed by atoms with E-state index in [1.165, 1.54) is 6.07 Å². The maximum atomic E-state index is 14.4. The zero-order valence-electron chi connectivity index (χ0n) is 25.0. The third kappa shape index (κ3) is 8.93. The smallest absolute Gasteiger partial charge is 0.416 e. The first-order chi connectivity index (χ1) is 21.1. The highest BCUT2D eigenvalue weighted by atomic mass is 35.5. The summed E-state index contributed by atoms with van der Waals surface area (Å²) in [5.41, 5.74) is 9.92. The molecule has 1 atom stereocenters. The minimum absolute atomic E-state index is 0.0791. The van der Waals surface area contributed by atoms with Crippen LogP contribution in [0.5, 0.6) is 11.5 Å². The number of halogens is 5. The zero-order chi connectivity index (χ0) is 31.7. The van der Waals surface area contributed by atoms with Crippen molar-refractivity contribution in [3.8, 4) is 22.6 Å². The third-order valence-electron chi connectivity index (χ3n) is 7.61. The number of aryl methyl sites for hydroxylation is 2. The van der Waals surface area contributed by atoms with E-state index < -0.39 is 17.7 Å². The van der Waals surface area contributed by atoms with E-state index in [4.69, 9.17) is 38.4 Å². The predicted octanol–water partition coefficient (Wildman–Crippen LogP) is 10.5. The fourth-order valence-electron chi connectivity index (χ4n) is 5.36. The van der Waals surface area contributed by atoms with Crippen molar-refractivity contribution in [2.45, 2.75) is 58.0 Å². The summed E-state index contributed by atoms with van der Waals surface area (Å²) in [5.74, 6) is 0.512. The van der Waals surface area contributed by atoms with Crippen LogP contribution in [0.1, 0.15) is 59.9 Å². The normalized spacial score (nSPS) is 12.3. The molecule has 0 aliphatic heterocycles. The Hall–Kier alpha value is -3.19. The summed E-state index contributed by atoms with van der Waals surface area (Å²) in [6.07, 6.45) is -0.148. The molecule has 4 aromatic rings. The standard InChI is InChI=1S/C36H38Cl2F3NO2/c1-3-4-5-8-26-9-6-7-10-30(26)27-13-16-31(32(22-27)36(39,40)41)28(23-42)21-25-11-14-29(15-12-25)43-17-18-44-35-33(37)19-24(2)20-34(35)38/h6-7,9-16,19-20,22,28H,3-5,8,17-18,21,23,42H2,1-2H3. The molecule has 0 bridgehead atoms. The van der Waals surface area contributed by atoms with Crippen molar-refractivity contribution < 1.29 is 22.6 Å². The Morgan fingerprint density at radius 1 is 0.841 bits per heavy atom. The maximum absolute atomic E-state index is 14.4. The van der Waals surface area contributed by atoms with Crippen molar-refractivity contribution in [2.24, 2.45) is 5.73 Å². The molecule has 1 unspecified atom stereocenters.